The fraction of sp³-hybridized carbons (Fsp3) is 0.294. The quantitative estimate of drug-likeness (QED) is 0.788. The standard InChI is InChI=1S/C17H17N5O3/c1-10(16(23)21-13-5-6-13)25-17(24)11-3-2-4-14(7-11)22-15(19)12(8-18)9-20-22/h2-4,7,9-10,13H,5-6,19H2,1H3,(H,21,23)/t10-/m1/s1. The molecule has 1 aliphatic rings. The van der Waals surface area contributed by atoms with Crippen LogP contribution in [0.5, 0.6) is 0 Å². The van der Waals surface area contributed by atoms with Crippen molar-refractivity contribution < 1.29 is 14.3 Å². The zero-order valence-electron chi connectivity index (χ0n) is 13.6. The van der Waals surface area contributed by atoms with E-state index in [1.165, 1.54) is 17.8 Å². The monoisotopic (exact) mass is 339 g/mol. The van der Waals surface area contributed by atoms with E-state index in [0.29, 0.717) is 5.69 Å². The van der Waals surface area contributed by atoms with Crippen molar-refractivity contribution in [3.8, 4) is 11.8 Å². The van der Waals surface area contributed by atoms with Gasteiger partial charge in [-0.2, -0.15) is 10.4 Å². The van der Waals surface area contributed by atoms with Crippen molar-refractivity contribution in [3.63, 3.8) is 0 Å². The van der Waals surface area contributed by atoms with Gasteiger partial charge in [-0.1, -0.05) is 6.07 Å². The first-order valence-corrected chi connectivity index (χ1v) is 7.85. The van der Waals surface area contributed by atoms with Gasteiger partial charge in [0.25, 0.3) is 5.91 Å². The highest BCUT2D eigenvalue weighted by atomic mass is 16.5. The fourth-order valence-electron chi connectivity index (χ4n) is 2.24. The SMILES string of the molecule is C[C@@H](OC(=O)c1cccc(-n2ncc(C#N)c2N)c1)C(=O)NC1CC1. The smallest absolute Gasteiger partial charge is 0.338 e. The largest absolute Gasteiger partial charge is 0.449 e. The molecule has 25 heavy (non-hydrogen) atoms. The zero-order chi connectivity index (χ0) is 18.0. The molecule has 1 atom stereocenters. The Labute approximate surface area is 144 Å². The number of hydrogen-bond donors (Lipinski definition) is 2. The molecule has 128 valence electrons. The van der Waals surface area contributed by atoms with Crippen molar-refractivity contribution in [2.24, 2.45) is 0 Å². The van der Waals surface area contributed by atoms with Gasteiger partial charge in [0.15, 0.2) is 6.10 Å². The lowest BCUT2D eigenvalue weighted by Crippen LogP contribution is -2.37. The van der Waals surface area contributed by atoms with Gasteiger partial charge in [0, 0.05) is 6.04 Å². The van der Waals surface area contributed by atoms with Gasteiger partial charge in [0.05, 0.1) is 17.4 Å². The third-order valence-corrected chi connectivity index (χ3v) is 3.83. The van der Waals surface area contributed by atoms with Crippen molar-refractivity contribution in [2.75, 3.05) is 5.73 Å². The molecule has 1 aromatic heterocycles. The van der Waals surface area contributed by atoms with E-state index >= 15 is 0 Å². The molecule has 0 unspecified atom stereocenters. The van der Waals surface area contributed by atoms with Crippen LogP contribution in [0.3, 0.4) is 0 Å². The second-order valence-corrected chi connectivity index (χ2v) is 5.85. The van der Waals surface area contributed by atoms with Gasteiger partial charge in [0.1, 0.15) is 17.5 Å². The lowest BCUT2D eigenvalue weighted by Gasteiger charge is -2.13. The van der Waals surface area contributed by atoms with Crippen LogP contribution >= 0.6 is 0 Å². The minimum Gasteiger partial charge on any atom is -0.449 e. The van der Waals surface area contributed by atoms with E-state index in [-0.39, 0.29) is 28.9 Å². The first-order valence-electron chi connectivity index (χ1n) is 7.85. The number of amides is 1. The van der Waals surface area contributed by atoms with Gasteiger partial charge in [-0.15, -0.1) is 0 Å². The number of rotatable bonds is 5. The molecule has 0 spiro atoms. The molecular formula is C17H17N5O3. The number of nitrogens with one attached hydrogen (secondary N) is 1. The van der Waals surface area contributed by atoms with Crippen LogP contribution in [0.25, 0.3) is 5.69 Å². The van der Waals surface area contributed by atoms with Crippen molar-refractivity contribution in [2.45, 2.75) is 31.9 Å². The number of nitrogens with zero attached hydrogens (tertiary/aromatic N) is 3. The Kier molecular flexibility index (Phi) is 4.39. The van der Waals surface area contributed by atoms with Crippen LogP contribution in [-0.2, 0) is 9.53 Å². The molecule has 3 rings (SSSR count). The van der Waals surface area contributed by atoms with E-state index in [0.717, 1.165) is 12.8 Å². The molecule has 1 aliphatic carbocycles. The first kappa shape index (κ1) is 16.5. The summed E-state index contributed by atoms with van der Waals surface area (Å²) < 4.78 is 6.57. The molecule has 0 bridgehead atoms. The Morgan fingerprint density at radius 3 is 2.88 bits per heavy atom. The number of nitrogen functional groups attached to an aromatic ring is 1. The number of hydrogen-bond acceptors (Lipinski definition) is 6. The predicted octanol–water partition coefficient (Wildman–Crippen LogP) is 1.15. The third-order valence-electron chi connectivity index (χ3n) is 3.83. The maximum atomic E-state index is 12.3. The number of aromatic nitrogens is 2. The van der Waals surface area contributed by atoms with Crippen molar-refractivity contribution in [1.29, 1.82) is 5.26 Å². The molecule has 1 saturated carbocycles. The number of benzene rings is 1. The first-order chi connectivity index (χ1) is 12.0. The van der Waals surface area contributed by atoms with E-state index in [4.69, 9.17) is 15.7 Å². The summed E-state index contributed by atoms with van der Waals surface area (Å²) in [6, 6.07) is 8.60. The van der Waals surface area contributed by atoms with Gasteiger partial charge in [-0.05, 0) is 38.0 Å². The van der Waals surface area contributed by atoms with Crippen LogP contribution in [0.2, 0.25) is 0 Å². The van der Waals surface area contributed by atoms with Crippen molar-refractivity contribution >= 4 is 17.7 Å². The molecule has 0 aliphatic heterocycles. The second kappa shape index (κ2) is 6.65. The predicted molar refractivity (Wildman–Crippen MR) is 88.7 cm³/mol. The molecule has 1 amide bonds. The van der Waals surface area contributed by atoms with Crippen molar-refractivity contribution in [1.82, 2.24) is 15.1 Å². The summed E-state index contributed by atoms with van der Waals surface area (Å²) >= 11 is 0. The van der Waals surface area contributed by atoms with Crippen molar-refractivity contribution in [3.05, 3.63) is 41.6 Å². The number of carbonyl (C=O) groups excluding carboxylic acids is 2. The molecule has 1 heterocycles. The molecule has 2 aromatic rings. The summed E-state index contributed by atoms with van der Waals surface area (Å²) in [6.45, 7) is 1.53. The summed E-state index contributed by atoms with van der Waals surface area (Å²) in [4.78, 5) is 24.2. The maximum absolute atomic E-state index is 12.3. The Morgan fingerprint density at radius 2 is 2.24 bits per heavy atom. The summed E-state index contributed by atoms with van der Waals surface area (Å²) in [5.74, 6) is -0.737. The Bertz CT molecular complexity index is 863. The van der Waals surface area contributed by atoms with E-state index in [2.05, 4.69) is 10.4 Å². The average molecular weight is 339 g/mol. The highest BCUT2D eigenvalue weighted by Crippen LogP contribution is 2.20. The average Bonchev–Trinajstić information content (AvgIpc) is 3.34. The lowest BCUT2D eigenvalue weighted by atomic mass is 10.2. The van der Waals surface area contributed by atoms with Crippen LogP contribution in [0, 0.1) is 11.3 Å². The number of nitrogens with two attached hydrogens (primary N) is 1. The van der Waals surface area contributed by atoms with Gasteiger partial charge in [-0.3, -0.25) is 4.79 Å². The van der Waals surface area contributed by atoms with Crippen LogP contribution in [0.4, 0.5) is 5.82 Å². The highest BCUT2D eigenvalue weighted by Gasteiger charge is 2.27. The summed E-state index contributed by atoms with van der Waals surface area (Å²) in [7, 11) is 0. The maximum Gasteiger partial charge on any atom is 0.338 e. The van der Waals surface area contributed by atoms with Gasteiger partial charge in [-0.25, -0.2) is 9.48 Å². The second-order valence-electron chi connectivity index (χ2n) is 5.85. The minimum atomic E-state index is -0.878. The number of nitriles is 1. The van der Waals surface area contributed by atoms with Gasteiger partial charge in [0.2, 0.25) is 0 Å². The van der Waals surface area contributed by atoms with Crippen LogP contribution in [0.1, 0.15) is 35.7 Å². The Balaban J connectivity index is 1.74. The molecule has 3 N–H and O–H groups in total. The highest BCUT2D eigenvalue weighted by molar-refractivity contribution is 5.92. The Morgan fingerprint density at radius 1 is 1.48 bits per heavy atom. The van der Waals surface area contributed by atoms with E-state index in [1.807, 2.05) is 6.07 Å². The van der Waals surface area contributed by atoms with Crippen LogP contribution in [0.15, 0.2) is 30.5 Å². The molecule has 1 aromatic carbocycles. The third kappa shape index (κ3) is 3.61. The summed E-state index contributed by atoms with van der Waals surface area (Å²) in [5.41, 5.74) is 6.88. The number of ether oxygens (including phenoxy) is 1. The van der Waals surface area contributed by atoms with E-state index in [9.17, 15) is 9.59 Å². The Hall–Kier alpha value is -3.34. The lowest BCUT2D eigenvalue weighted by molar-refractivity contribution is -0.129. The summed E-state index contributed by atoms with van der Waals surface area (Å²) in [5, 5.41) is 15.8. The van der Waals surface area contributed by atoms with Crippen LogP contribution in [-0.4, -0.2) is 33.8 Å². The normalized spacial score (nSPS) is 14.4. The van der Waals surface area contributed by atoms with E-state index in [1.54, 1.807) is 24.3 Å². The molecule has 1 fully saturated rings. The molecule has 0 saturated heterocycles. The van der Waals surface area contributed by atoms with Gasteiger partial charge >= 0.3 is 5.97 Å². The summed E-state index contributed by atoms with van der Waals surface area (Å²) in [6.07, 6.45) is 2.40. The minimum absolute atomic E-state index is 0.185. The zero-order valence-corrected chi connectivity index (χ0v) is 13.6. The molecule has 8 nitrogen and oxygen atoms in total. The number of anilines is 1. The van der Waals surface area contributed by atoms with Crippen LogP contribution < -0.4 is 11.1 Å². The van der Waals surface area contributed by atoms with Gasteiger partial charge < -0.3 is 15.8 Å². The number of esters is 1. The number of carbonyl (C=O) groups is 2. The molecule has 8 heteroatoms. The fourth-order valence-corrected chi connectivity index (χ4v) is 2.24. The topological polar surface area (TPSA) is 123 Å². The molecular weight excluding hydrogens is 322 g/mol. The van der Waals surface area contributed by atoms with E-state index < -0.39 is 12.1 Å². The molecule has 0 radical (unpaired) electrons.